The number of likely N-dealkylation sites (tertiary alicyclic amines) is 1. The monoisotopic (exact) mass is 266 g/mol. The standard InChI is InChI=1S/C16H30N2O/c1-4-13-7-9-17-14(11-13)15(19)18-10-8-16(5-2,6-3)12-18/h13-14,17H,4-12H2,1-3H3. The van der Waals surface area contributed by atoms with Crippen LogP contribution in [0, 0.1) is 11.3 Å². The van der Waals surface area contributed by atoms with Gasteiger partial charge < -0.3 is 10.2 Å². The van der Waals surface area contributed by atoms with Gasteiger partial charge in [0.05, 0.1) is 6.04 Å². The Labute approximate surface area is 118 Å². The van der Waals surface area contributed by atoms with Crippen LogP contribution in [0.5, 0.6) is 0 Å². The first-order valence-corrected chi connectivity index (χ1v) is 8.16. The molecular weight excluding hydrogens is 236 g/mol. The van der Waals surface area contributed by atoms with Gasteiger partial charge in [-0.05, 0) is 50.0 Å². The molecule has 2 unspecified atom stereocenters. The van der Waals surface area contributed by atoms with Crippen LogP contribution >= 0.6 is 0 Å². The smallest absolute Gasteiger partial charge is 0.239 e. The van der Waals surface area contributed by atoms with Crippen molar-refractivity contribution in [1.82, 2.24) is 10.2 Å². The van der Waals surface area contributed by atoms with Crippen molar-refractivity contribution in [3.05, 3.63) is 0 Å². The number of nitrogens with one attached hydrogen (secondary N) is 1. The highest BCUT2D eigenvalue weighted by Gasteiger charge is 2.39. The second kappa shape index (κ2) is 6.25. The Kier molecular flexibility index (Phi) is 4.88. The van der Waals surface area contributed by atoms with E-state index in [1.54, 1.807) is 0 Å². The summed E-state index contributed by atoms with van der Waals surface area (Å²) in [5, 5.41) is 3.43. The third-order valence-corrected chi connectivity index (χ3v) is 5.64. The van der Waals surface area contributed by atoms with Gasteiger partial charge in [-0.15, -0.1) is 0 Å². The van der Waals surface area contributed by atoms with Gasteiger partial charge >= 0.3 is 0 Å². The third kappa shape index (κ3) is 3.13. The maximum atomic E-state index is 12.6. The Morgan fingerprint density at radius 1 is 1.32 bits per heavy atom. The van der Waals surface area contributed by atoms with E-state index in [4.69, 9.17) is 0 Å². The van der Waals surface area contributed by atoms with Gasteiger partial charge in [0.2, 0.25) is 5.91 Å². The zero-order chi connectivity index (χ0) is 13.9. The Bertz CT molecular complexity index is 312. The van der Waals surface area contributed by atoms with Crippen LogP contribution in [0.4, 0.5) is 0 Å². The highest BCUT2D eigenvalue weighted by atomic mass is 16.2. The lowest BCUT2D eigenvalue weighted by atomic mass is 9.82. The third-order valence-electron chi connectivity index (χ3n) is 5.64. The molecule has 0 bridgehead atoms. The van der Waals surface area contributed by atoms with Crippen LogP contribution in [0.3, 0.4) is 0 Å². The van der Waals surface area contributed by atoms with E-state index in [0.717, 1.165) is 32.0 Å². The van der Waals surface area contributed by atoms with Crippen molar-refractivity contribution in [2.75, 3.05) is 19.6 Å². The molecule has 1 N–H and O–H groups in total. The lowest BCUT2D eigenvalue weighted by Crippen LogP contribution is -2.50. The van der Waals surface area contributed by atoms with Gasteiger partial charge in [0.15, 0.2) is 0 Å². The summed E-state index contributed by atoms with van der Waals surface area (Å²) in [6.45, 7) is 9.73. The molecule has 0 aromatic rings. The van der Waals surface area contributed by atoms with Crippen LogP contribution in [0.1, 0.15) is 59.3 Å². The van der Waals surface area contributed by atoms with E-state index in [1.165, 1.54) is 32.1 Å². The summed E-state index contributed by atoms with van der Waals surface area (Å²) >= 11 is 0. The lowest BCUT2D eigenvalue weighted by Gasteiger charge is -2.33. The van der Waals surface area contributed by atoms with E-state index in [-0.39, 0.29) is 6.04 Å². The molecule has 2 atom stereocenters. The van der Waals surface area contributed by atoms with Gasteiger partial charge in [-0.25, -0.2) is 0 Å². The Morgan fingerprint density at radius 3 is 2.63 bits per heavy atom. The zero-order valence-corrected chi connectivity index (χ0v) is 12.9. The molecule has 0 radical (unpaired) electrons. The molecule has 2 saturated heterocycles. The second-order valence-corrected chi connectivity index (χ2v) is 6.52. The summed E-state index contributed by atoms with van der Waals surface area (Å²) < 4.78 is 0. The topological polar surface area (TPSA) is 32.3 Å². The SMILES string of the molecule is CCC1CCNC(C(=O)N2CCC(CC)(CC)C2)C1. The molecule has 2 aliphatic heterocycles. The largest absolute Gasteiger partial charge is 0.341 e. The molecule has 0 spiro atoms. The molecule has 3 heteroatoms. The van der Waals surface area contributed by atoms with Crippen molar-refractivity contribution < 1.29 is 4.79 Å². The number of rotatable bonds is 4. The highest BCUT2D eigenvalue weighted by Crippen LogP contribution is 2.37. The first-order chi connectivity index (χ1) is 9.14. The number of hydrogen-bond donors (Lipinski definition) is 1. The summed E-state index contributed by atoms with van der Waals surface area (Å²) in [6.07, 6.45) is 7.06. The van der Waals surface area contributed by atoms with Crippen molar-refractivity contribution >= 4 is 5.91 Å². The molecule has 0 aromatic carbocycles. The molecule has 2 fully saturated rings. The first-order valence-electron chi connectivity index (χ1n) is 8.16. The van der Waals surface area contributed by atoms with E-state index in [0.29, 0.717) is 11.3 Å². The number of carbonyl (C=O) groups is 1. The summed E-state index contributed by atoms with van der Waals surface area (Å²) in [7, 11) is 0. The van der Waals surface area contributed by atoms with Crippen LogP contribution in [0.2, 0.25) is 0 Å². The molecule has 19 heavy (non-hydrogen) atoms. The van der Waals surface area contributed by atoms with Gasteiger partial charge in [0.1, 0.15) is 0 Å². The predicted molar refractivity (Wildman–Crippen MR) is 79.0 cm³/mol. The lowest BCUT2D eigenvalue weighted by molar-refractivity contribution is -0.133. The molecule has 110 valence electrons. The zero-order valence-electron chi connectivity index (χ0n) is 12.9. The van der Waals surface area contributed by atoms with Crippen molar-refractivity contribution in [1.29, 1.82) is 0 Å². The average molecular weight is 266 g/mol. The number of piperidine rings is 1. The Balaban J connectivity index is 1.93. The van der Waals surface area contributed by atoms with Gasteiger partial charge in [0, 0.05) is 13.1 Å². The van der Waals surface area contributed by atoms with Crippen LogP contribution in [-0.2, 0) is 4.79 Å². The fourth-order valence-corrected chi connectivity index (χ4v) is 3.73. The van der Waals surface area contributed by atoms with Crippen molar-refractivity contribution in [3.8, 4) is 0 Å². The normalized spacial score (nSPS) is 30.6. The first kappa shape index (κ1) is 14.8. The quantitative estimate of drug-likeness (QED) is 0.848. The van der Waals surface area contributed by atoms with E-state index >= 15 is 0 Å². The second-order valence-electron chi connectivity index (χ2n) is 6.52. The Morgan fingerprint density at radius 2 is 2.05 bits per heavy atom. The maximum Gasteiger partial charge on any atom is 0.239 e. The average Bonchev–Trinajstić information content (AvgIpc) is 2.91. The van der Waals surface area contributed by atoms with Crippen molar-refractivity contribution in [3.63, 3.8) is 0 Å². The molecule has 2 heterocycles. The summed E-state index contributed by atoms with van der Waals surface area (Å²) in [6, 6.07) is 0.0863. The van der Waals surface area contributed by atoms with Crippen LogP contribution in [-0.4, -0.2) is 36.5 Å². The maximum absolute atomic E-state index is 12.6. The van der Waals surface area contributed by atoms with Gasteiger partial charge in [-0.2, -0.15) is 0 Å². The van der Waals surface area contributed by atoms with E-state index in [2.05, 4.69) is 31.0 Å². The molecular formula is C16H30N2O. The Hall–Kier alpha value is -0.570. The van der Waals surface area contributed by atoms with Crippen molar-refractivity contribution in [2.24, 2.45) is 11.3 Å². The summed E-state index contributed by atoms with van der Waals surface area (Å²) in [4.78, 5) is 14.8. The number of carbonyl (C=O) groups excluding carboxylic acids is 1. The molecule has 1 amide bonds. The fourth-order valence-electron chi connectivity index (χ4n) is 3.73. The minimum atomic E-state index is 0.0863. The number of hydrogen-bond acceptors (Lipinski definition) is 2. The van der Waals surface area contributed by atoms with Crippen LogP contribution in [0.25, 0.3) is 0 Å². The number of amides is 1. The van der Waals surface area contributed by atoms with Gasteiger partial charge in [-0.1, -0.05) is 27.2 Å². The van der Waals surface area contributed by atoms with Gasteiger partial charge in [-0.3, -0.25) is 4.79 Å². The van der Waals surface area contributed by atoms with Crippen molar-refractivity contribution in [2.45, 2.75) is 65.3 Å². The highest BCUT2D eigenvalue weighted by molar-refractivity contribution is 5.82. The molecule has 0 aliphatic carbocycles. The van der Waals surface area contributed by atoms with Crippen LogP contribution in [0.15, 0.2) is 0 Å². The molecule has 0 aromatic heterocycles. The van der Waals surface area contributed by atoms with Gasteiger partial charge in [0.25, 0.3) is 0 Å². The van der Waals surface area contributed by atoms with E-state index in [1.807, 2.05) is 0 Å². The summed E-state index contributed by atoms with van der Waals surface area (Å²) in [5.74, 6) is 1.10. The molecule has 2 aliphatic rings. The number of nitrogens with zero attached hydrogens (tertiary/aromatic N) is 1. The fraction of sp³-hybridized carbons (Fsp3) is 0.938. The summed E-state index contributed by atoms with van der Waals surface area (Å²) in [5.41, 5.74) is 0.397. The minimum Gasteiger partial charge on any atom is -0.341 e. The van der Waals surface area contributed by atoms with E-state index in [9.17, 15) is 4.79 Å². The molecule has 3 nitrogen and oxygen atoms in total. The van der Waals surface area contributed by atoms with Crippen LogP contribution < -0.4 is 5.32 Å². The predicted octanol–water partition coefficient (Wildman–Crippen LogP) is 2.80. The van der Waals surface area contributed by atoms with E-state index < -0.39 is 0 Å². The minimum absolute atomic E-state index is 0.0863. The molecule has 2 rings (SSSR count). The molecule has 0 saturated carbocycles.